The average Bonchev–Trinajstić information content (AvgIpc) is 3.12. The summed E-state index contributed by atoms with van der Waals surface area (Å²) in [6.45, 7) is 0. The second kappa shape index (κ2) is 4.85. The van der Waals surface area contributed by atoms with Gasteiger partial charge in [0.25, 0.3) is 5.91 Å². The van der Waals surface area contributed by atoms with Gasteiger partial charge in [-0.2, -0.15) is 0 Å². The molecule has 6 heteroatoms. The molecule has 1 aromatic rings. The highest BCUT2D eigenvalue weighted by Crippen LogP contribution is 2.30. The Labute approximate surface area is 119 Å². The smallest absolute Gasteiger partial charge is 0.256 e. The van der Waals surface area contributed by atoms with Crippen LogP contribution >= 0.6 is 15.9 Å². The maximum Gasteiger partial charge on any atom is 0.256 e. The number of nitrogens with zero attached hydrogens (tertiary/aromatic N) is 1. The van der Waals surface area contributed by atoms with Gasteiger partial charge in [-0.3, -0.25) is 10.1 Å². The first-order valence-electron chi connectivity index (χ1n) is 6.16. The second-order valence-electron chi connectivity index (χ2n) is 4.68. The molecule has 5 nitrogen and oxygen atoms in total. The zero-order chi connectivity index (χ0) is 13.4. The molecule has 0 bridgehead atoms. The molecule has 3 rings (SSSR count). The van der Waals surface area contributed by atoms with Crippen LogP contribution in [0.2, 0.25) is 0 Å². The third kappa shape index (κ3) is 2.58. The Bertz CT molecular complexity index is 555. The Kier molecular flexibility index (Phi) is 3.18. The van der Waals surface area contributed by atoms with Crippen molar-refractivity contribution in [3.8, 4) is 5.75 Å². The van der Waals surface area contributed by atoms with Crippen molar-refractivity contribution in [3.63, 3.8) is 0 Å². The molecule has 100 valence electrons. The molecule has 1 amide bonds. The summed E-state index contributed by atoms with van der Waals surface area (Å²) in [6, 6.07) is 5.54. The minimum Gasteiger partial charge on any atom is -0.496 e. The molecule has 0 radical (unpaired) electrons. The van der Waals surface area contributed by atoms with Crippen LogP contribution < -0.4 is 15.4 Å². The summed E-state index contributed by atoms with van der Waals surface area (Å²) < 4.78 is 5.99. The van der Waals surface area contributed by atoms with Gasteiger partial charge in [0.15, 0.2) is 12.0 Å². The van der Waals surface area contributed by atoms with E-state index in [0.29, 0.717) is 12.0 Å². The van der Waals surface area contributed by atoms with E-state index in [1.54, 1.807) is 7.11 Å². The lowest BCUT2D eigenvalue weighted by Crippen LogP contribution is -2.37. The topological polar surface area (TPSA) is 62.7 Å². The summed E-state index contributed by atoms with van der Waals surface area (Å²) in [4.78, 5) is 16.3. The van der Waals surface area contributed by atoms with Crippen LogP contribution in [-0.2, 0) is 4.79 Å². The van der Waals surface area contributed by atoms with E-state index < -0.39 is 6.04 Å². The van der Waals surface area contributed by atoms with E-state index >= 15 is 0 Å². The standard InChI is InChI=1S/C13H14BrN3O2/c1-19-10-5-2-7(6-9(10)14)11-12(18)17-13(16-11)15-8-3-4-8/h2,5-6,8,11H,3-4H2,1H3,(H2,15,16,17,18). The Morgan fingerprint density at radius 3 is 2.89 bits per heavy atom. The van der Waals surface area contributed by atoms with Gasteiger partial charge in [0, 0.05) is 6.04 Å². The zero-order valence-corrected chi connectivity index (χ0v) is 12.0. The number of carbonyl (C=O) groups is 1. The molecular formula is C13H14BrN3O2. The fourth-order valence-corrected chi connectivity index (χ4v) is 2.54. The largest absolute Gasteiger partial charge is 0.496 e. The first kappa shape index (κ1) is 12.5. The number of benzene rings is 1. The minimum atomic E-state index is -0.483. The first-order chi connectivity index (χ1) is 9.17. The molecule has 0 aromatic heterocycles. The molecular weight excluding hydrogens is 310 g/mol. The van der Waals surface area contributed by atoms with Crippen LogP contribution in [0.1, 0.15) is 24.4 Å². The number of carbonyl (C=O) groups excluding carboxylic acids is 1. The lowest BCUT2D eigenvalue weighted by Gasteiger charge is -2.08. The monoisotopic (exact) mass is 323 g/mol. The summed E-state index contributed by atoms with van der Waals surface area (Å²) in [5.74, 6) is 1.23. The number of ether oxygens (including phenoxy) is 1. The van der Waals surface area contributed by atoms with Gasteiger partial charge in [-0.15, -0.1) is 0 Å². The molecule has 1 saturated carbocycles. The zero-order valence-electron chi connectivity index (χ0n) is 10.4. The normalized spacial score (nSPS) is 21.9. The van der Waals surface area contributed by atoms with Crippen molar-refractivity contribution >= 4 is 27.8 Å². The Balaban J connectivity index is 1.82. The SMILES string of the molecule is COc1ccc(C2N=C(NC3CC3)NC2=O)cc1Br. The van der Waals surface area contributed by atoms with Crippen molar-refractivity contribution in [2.24, 2.45) is 4.99 Å². The van der Waals surface area contributed by atoms with Crippen LogP contribution in [0.3, 0.4) is 0 Å². The number of guanidine groups is 1. The Hall–Kier alpha value is -1.56. The number of amides is 1. The van der Waals surface area contributed by atoms with Gasteiger partial charge in [-0.25, -0.2) is 4.99 Å². The van der Waals surface area contributed by atoms with Gasteiger partial charge in [-0.05, 0) is 46.5 Å². The van der Waals surface area contributed by atoms with Crippen LogP contribution in [0.4, 0.5) is 0 Å². The van der Waals surface area contributed by atoms with Crippen LogP contribution in [0.5, 0.6) is 5.75 Å². The number of methoxy groups -OCH3 is 1. The Morgan fingerprint density at radius 1 is 1.47 bits per heavy atom. The highest BCUT2D eigenvalue weighted by molar-refractivity contribution is 9.10. The van der Waals surface area contributed by atoms with Crippen LogP contribution in [0.15, 0.2) is 27.7 Å². The van der Waals surface area contributed by atoms with E-state index in [0.717, 1.165) is 28.6 Å². The van der Waals surface area contributed by atoms with E-state index in [1.165, 1.54) is 0 Å². The molecule has 1 heterocycles. The molecule has 2 N–H and O–H groups in total. The average molecular weight is 324 g/mol. The molecule has 1 atom stereocenters. The number of hydrogen-bond donors (Lipinski definition) is 2. The summed E-state index contributed by atoms with van der Waals surface area (Å²) in [5.41, 5.74) is 0.845. The van der Waals surface area contributed by atoms with Gasteiger partial charge in [0.1, 0.15) is 5.75 Å². The number of nitrogens with one attached hydrogen (secondary N) is 2. The predicted molar refractivity (Wildman–Crippen MR) is 75.2 cm³/mol. The number of aliphatic imine (C=N–C) groups is 1. The maximum atomic E-state index is 11.9. The third-order valence-corrected chi connectivity index (χ3v) is 3.78. The Morgan fingerprint density at radius 2 is 2.26 bits per heavy atom. The van der Waals surface area contributed by atoms with Crippen LogP contribution in [0, 0.1) is 0 Å². The van der Waals surface area contributed by atoms with E-state index in [-0.39, 0.29) is 5.91 Å². The number of hydrogen-bond acceptors (Lipinski definition) is 4. The summed E-state index contributed by atoms with van der Waals surface area (Å²) in [7, 11) is 1.61. The molecule has 1 aromatic carbocycles. The highest BCUT2D eigenvalue weighted by Gasteiger charge is 2.31. The lowest BCUT2D eigenvalue weighted by atomic mass is 10.1. The highest BCUT2D eigenvalue weighted by atomic mass is 79.9. The molecule has 1 aliphatic carbocycles. The van der Waals surface area contributed by atoms with Crippen LogP contribution in [0.25, 0.3) is 0 Å². The summed E-state index contributed by atoms with van der Waals surface area (Å²) >= 11 is 3.42. The van der Waals surface area contributed by atoms with Gasteiger partial charge in [-0.1, -0.05) is 6.07 Å². The van der Waals surface area contributed by atoms with E-state index in [1.807, 2.05) is 18.2 Å². The number of halogens is 1. The van der Waals surface area contributed by atoms with Gasteiger partial charge in [0.05, 0.1) is 11.6 Å². The minimum absolute atomic E-state index is 0.0970. The molecule has 0 spiro atoms. The quantitative estimate of drug-likeness (QED) is 0.890. The van der Waals surface area contributed by atoms with Crippen molar-refractivity contribution in [2.75, 3.05) is 7.11 Å². The van der Waals surface area contributed by atoms with Crippen molar-refractivity contribution in [1.29, 1.82) is 0 Å². The molecule has 1 aliphatic heterocycles. The first-order valence-corrected chi connectivity index (χ1v) is 6.95. The fourth-order valence-electron chi connectivity index (χ4n) is 1.98. The van der Waals surface area contributed by atoms with Crippen molar-refractivity contribution < 1.29 is 9.53 Å². The van der Waals surface area contributed by atoms with E-state index in [2.05, 4.69) is 31.6 Å². The molecule has 0 saturated heterocycles. The van der Waals surface area contributed by atoms with Crippen molar-refractivity contribution in [1.82, 2.24) is 10.6 Å². The summed E-state index contributed by atoms with van der Waals surface area (Å²) in [5, 5.41) is 5.98. The van der Waals surface area contributed by atoms with Crippen molar-refractivity contribution in [2.45, 2.75) is 24.9 Å². The lowest BCUT2D eigenvalue weighted by molar-refractivity contribution is -0.120. The summed E-state index contributed by atoms with van der Waals surface area (Å²) in [6.07, 6.45) is 2.29. The molecule has 19 heavy (non-hydrogen) atoms. The van der Waals surface area contributed by atoms with Crippen LogP contribution in [-0.4, -0.2) is 25.0 Å². The third-order valence-electron chi connectivity index (χ3n) is 3.16. The second-order valence-corrected chi connectivity index (χ2v) is 5.54. The molecule has 2 aliphatic rings. The van der Waals surface area contributed by atoms with Gasteiger partial charge < -0.3 is 10.1 Å². The predicted octanol–water partition coefficient (Wildman–Crippen LogP) is 1.74. The molecule has 1 unspecified atom stereocenters. The van der Waals surface area contributed by atoms with Crippen molar-refractivity contribution in [3.05, 3.63) is 28.2 Å². The molecule has 1 fully saturated rings. The fraction of sp³-hybridized carbons (Fsp3) is 0.385. The maximum absolute atomic E-state index is 11.9. The van der Waals surface area contributed by atoms with Gasteiger partial charge >= 0.3 is 0 Å². The van der Waals surface area contributed by atoms with E-state index in [4.69, 9.17) is 4.74 Å². The number of rotatable bonds is 3. The van der Waals surface area contributed by atoms with Gasteiger partial charge in [0.2, 0.25) is 0 Å². The van der Waals surface area contributed by atoms with E-state index in [9.17, 15) is 4.79 Å².